The summed E-state index contributed by atoms with van der Waals surface area (Å²) in [5.74, 6) is 0.900. The maximum absolute atomic E-state index is 5.70. The van der Waals surface area contributed by atoms with E-state index in [2.05, 4.69) is 12.7 Å². The van der Waals surface area contributed by atoms with Gasteiger partial charge in [0.05, 0.1) is 0 Å². The van der Waals surface area contributed by atoms with E-state index in [0.29, 0.717) is 0 Å². The van der Waals surface area contributed by atoms with E-state index in [9.17, 15) is 0 Å². The highest BCUT2D eigenvalue weighted by Crippen LogP contribution is 2.26. The molecule has 0 spiro atoms. The van der Waals surface area contributed by atoms with Crippen molar-refractivity contribution in [1.82, 2.24) is 0 Å². The Bertz CT molecular complexity index is 219. The molecular weight excluding hydrogens is 170 g/mol. The summed E-state index contributed by atoms with van der Waals surface area (Å²) in [6, 6.07) is 0. The monoisotopic (exact) mass is 191 g/mol. The summed E-state index contributed by atoms with van der Waals surface area (Å²) >= 11 is 0. The van der Waals surface area contributed by atoms with Crippen molar-refractivity contribution in [2.24, 2.45) is 11.7 Å². The SMILES string of the molecule is C=C/C=C(N)\C=C/CC1CCCCC1. The fourth-order valence-electron chi connectivity index (χ4n) is 2.01. The van der Waals surface area contributed by atoms with Gasteiger partial charge < -0.3 is 5.73 Å². The summed E-state index contributed by atoms with van der Waals surface area (Å²) in [5, 5.41) is 0. The predicted molar refractivity (Wildman–Crippen MR) is 62.8 cm³/mol. The third-order valence-corrected chi connectivity index (χ3v) is 2.81. The molecule has 0 amide bonds. The average molecular weight is 191 g/mol. The van der Waals surface area contributed by atoms with Gasteiger partial charge in [-0.1, -0.05) is 50.8 Å². The van der Waals surface area contributed by atoms with Gasteiger partial charge in [-0.05, 0) is 24.5 Å². The zero-order chi connectivity index (χ0) is 10.2. The summed E-state index contributed by atoms with van der Waals surface area (Å²) in [6.07, 6.45) is 16.0. The first-order valence-electron chi connectivity index (χ1n) is 5.57. The maximum Gasteiger partial charge on any atom is 0.0310 e. The second kappa shape index (κ2) is 6.47. The number of rotatable bonds is 4. The molecule has 0 bridgehead atoms. The lowest BCUT2D eigenvalue weighted by molar-refractivity contribution is 0.361. The van der Waals surface area contributed by atoms with Crippen molar-refractivity contribution in [2.45, 2.75) is 38.5 Å². The zero-order valence-electron chi connectivity index (χ0n) is 8.91. The maximum atomic E-state index is 5.70. The van der Waals surface area contributed by atoms with Crippen LogP contribution in [0.25, 0.3) is 0 Å². The first-order valence-corrected chi connectivity index (χ1v) is 5.57. The Hall–Kier alpha value is -0.980. The van der Waals surface area contributed by atoms with Crippen molar-refractivity contribution in [1.29, 1.82) is 0 Å². The Balaban J connectivity index is 2.24. The molecule has 1 aliphatic carbocycles. The highest BCUT2D eigenvalue weighted by molar-refractivity contribution is 5.19. The van der Waals surface area contributed by atoms with Crippen molar-refractivity contribution in [2.75, 3.05) is 0 Å². The summed E-state index contributed by atoms with van der Waals surface area (Å²) in [4.78, 5) is 0. The highest BCUT2D eigenvalue weighted by atomic mass is 14.5. The van der Waals surface area contributed by atoms with E-state index in [-0.39, 0.29) is 0 Å². The van der Waals surface area contributed by atoms with Crippen molar-refractivity contribution >= 4 is 0 Å². The molecule has 1 heteroatoms. The summed E-state index contributed by atoms with van der Waals surface area (Å²) < 4.78 is 0. The number of allylic oxidation sites excluding steroid dienone is 4. The van der Waals surface area contributed by atoms with Crippen LogP contribution >= 0.6 is 0 Å². The van der Waals surface area contributed by atoms with Gasteiger partial charge >= 0.3 is 0 Å². The van der Waals surface area contributed by atoms with Gasteiger partial charge in [-0.2, -0.15) is 0 Å². The smallest absolute Gasteiger partial charge is 0.0310 e. The summed E-state index contributed by atoms with van der Waals surface area (Å²) in [6.45, 7) is 3.61. The van der Waals surface area contributed by atoms with Crippen LogP contribution in [0.5, 0.6) is 0 Å². The highest BCUT2D eigenvalue weighted by Gasteiger charge is 2.10. The van der Waals surface area contributed by atoms with E-state index in [0.717, 1.165) is 11.6 Å². The molecule has 1 nitrogen and oxygen atoms in total. The van der Waals surface area contributed by atoms with E-state index in [1.54, 1.807) is 6.08 Å². The lowest BCUT2D eigenvalue weighted by Crippen LogP contribution is -2.04. The predicted octanol–water partition coefficient (Wildman–Crippen LogP) is 3.54. The molecule has 0 radical (unpaired) electrons. The minimum absolute atomic E-state index is 0.802. The number of hydrogen-bond acceptors (Lipinski definition) is 1. The first kappa shape index (κ1) is 11.1. The molecule has 0 aromatic carbocycles. The normalized spacial score (nSPS) is 20.1. The molecular formula is C13H21N. The van der Waals surface area contributed by atoms with Crippen LogP contribution in [0.4, 0.5) is 0 Å². The van der Waals surface area contributed by atoms with E-state index in [4.69, 9.17) is 5.73 Å². The van der Waals surface area contributed by atoms with Crippen LogP contribution in [0, 0.1) is 5.92 Å². The van der Waals surface area contributed by atoms with Crippen LogP contribution in [0.1, 0.15) is 38.5 Å². The van der Waals surface area contributed by atoms with E-state index >= 15 is 0 Å². The summed E-state index contributed by atoms with van der Waals surface area (Å²) in [7, 11) is 0. The van der Waals surface area contributed by atoms with Gasteiger partial charge in [0.1, 0.15) is 0 Å². The molecule has 0 saturated heterocycles. The summed E-state index contributed by atoms with van der Waals surface area (Å²) in [5.41, 5.74) is 6.50. The number of hydrogen-bond donors (Lipinski definition) is 1. The molecule has 0 aromatic heterocycles. The van der Waals surface area contributed by atoms with Crippen LogP contribution in [0.2, 0.25) is 0 Å². The van der Waals surface area contributed by atoms with Crippen molar-refractivity contribution in [3.8, 4) is 0 Å². The first-order chi connectivity index (χ1) is 6.83. The standard InChI is InChI=1S/C13H21N/c1-2-7-13(14)11-6-10-12-8-4-3-5-9-12/h2,6-7,11-12H,1,3-5,8-10,14H2/b11-6-,13-7+. The van der Waals surface area contributed by atoms with Gasteiger partial charge in [0, 0.05) is 5.70 Å². The van der Waals surface area contributed by atoms with Gasteiger partial charge in [0.15, 0.2) is 0 Å². The molecule has 14 heavy (non-hydrogen) atoms. The minimum atomic E-state index is 0.802. The quantitative estimate of drug-likeness (QED) is 0.676. The van der Waals surface area contributed by atoms with Crippen molar-refractivity contribution < 1.29 is 0 Å². The molecule has 1 aliphatic rings. The van der Waals surface area contributed by atoms with Crippen LogP contribution in [-0.2, 0) is 0 Å². The molecule has 0 heterocycles. The third-order valence-electron chi connectivity index (χ3n) is 2.81. The number of nitrogens with two attached hydrogens (primary N) is 1. The molecule has 1 saturated carbocycles. The largest absolute Gasteiger partial charge is 0.399 e. The average Bonchev–Trinajstić information content (AvgIpc) is 2.20. The molecule has 0 unspecified atom stereocenters. The van der Waals surface area contributed by atoms with Gasteiger partial charge in [0.2, 0.25) is 0 Å². The van der Waals surface area contributed by atoms with Crippen LogP contribution in [0.15, 0.2) is 36.6 Å². The Labute approximate surface area is 87.4 Å². The van der Waals surface area contributed by atoms with Gasteiger partial charge in [-0.15, -0.1) is 0 Å². The van der Waals surface area contributed by atoms with E-state index < -0.39 is 0 Å². The van der Waals surface area contributed by atoms with Gasteiger partial charge in [-0.25, -0.2) is 0 Å². The lowest BCUT2D eigenvalue weighted by atomic mass is 9.87. The Morgan fingerprint density at radius 2 is 2.00 bits per heavy atom. The Morgan fingerprint density at radius 1 is 1.29 bits per heavy atom. The fraction of sp³-hybridized carbons (Fsp3) is 0.538. The molecule has 1 fully saturated rings. The topological polar surface area (TPSA) is 26.0 Å². The molecule has 2 N–H and O–H groups in total. The van der Waals surface area contributed by atoms with E-state index in [1.807, 2.05) is 12.2 Å². The van der Waals surface area contributed by atoms with Crippen LogP contribution < -0.4 is 5.73 Å². The molecule has 1 rings (SSSR count). The second-order valence-corrected chi connectivity index (χ2v) is 4.04. The lowest BCUT2D eigenvalue weighted by Gasteiger charge is -2.19. The minimum Gasteiger partial charge on any atom is -0.399 e. The third kappa shape index (κ3) is 4.31. The van der Waals surface area contributed by atoms with Gasteiger partial charge in [0.25, 0.3) is 0 Å². The van der Waals surface area contributed by atoms with E-state index in [1.165, 1.54) is 38.5 Å². The molecule has 0 aliphatic heterocycles. The van der Waals surface area contributed by atoms with Crippen LogP contribution in [-0.4, -0.2) is 0 Å². The van der Waals surface area contributed by atoms with Crippen molar-refractivity contribution in [3.05, 3.63) is 36.6 Å². The molecule has 0 aromatic rings. The molecule has 78 valence electrons. The second-order valence-electron chi connectivity index (χ2n) is 4.04. The molecule has 0 atom stereocenters. The fourth-order valence-corrected chi connectivity index (χ4v) is 2.01. The zero-order valence-corrected chi connectivity index (χ0v) is 8.91. The van der Waals surface area contributed by atoms with Crippen LogP contribution in [0.3, 0.4) is 0 Å². The Morgan fingerprint density at radius 3 is 2.64 bits per heavy atom. The van der Waals surface area contributed by atoms with Crippen molar-refractivity contribution in [3.63, 3.8) is 0 Å². The van der Waals surface area contributed by atoms with Gasteiger partial charge in [-0.3, -0.25) is 0 Å². The Kier molecular flexibility index (Phi) is 5.13.